The van der Waals surface area contributed by atoms with Crippen LogP contribution in [0.15, 0.2) is 30.3 Å². The molecule has 3 nitrogen and oxygen atoms in total. The van der Waals surface area contributed by atoms with E-state index >= 15 is 0 Å². The molecule has 1 aromatic rings. The molecule has 16 heavy (non-hydrogen) atoms. The van der Waals surface area contributed by atoms with Gasteiger partial charge in [-0.1, -0.05) is 18.2 Å². The molecule has 1 aliphatic carbocycles. The lowest BCUT2D eigenvalue weighted by Crippen LogP contribution is -2.27. The second kappa shape index (κ2) is 5.66. The Morgan fingerprint density at radius 3 is 2.62 bits per heavy atom. The van der Waals surface area contributed by atoms with E-state index < -0.39 is 0 Å². The number of benzene rings is 1. The van der Waals surface area contributed by atoms with E-state index in [0.29, 0.717) is 0 Å². The molecule has 0 radical (unpaired) electrons. The van der Waals surface area contributed by atoms with Gasteiger partial charge in [0.1, 0.15) is 0 Å². The fraction of sp³-hybridized carbons (Fsp3) is 0.462. The predicted molar refractivity (Wildman–Crippen MR) is 64.4 cm³/mol. The predicted octanol–water partition coefficient (Wildman–Crippen LogP) is 1.56. The molecule has 1 amide bonds. The van der Waals surface area contributed by atoms with Crippen molar-refractivity contribution in [1.82, 2.24) is 10.6 Å². The number of amides is 1. The Hall–Kier alpha value is -1.35. The van der Waals surface area contributed by atoms with Gasteiger partial charge in [0.15, 0.2) is 0 Å². The maximum absolute atomic E-state index is 11.6. The van der Waals surface area contributed by atoms with Crippen molar-refractivity contribution in [1.29, 1.82) is 0 Å². The van der Waals surface area contributed by atoms with Crippen LogP contribution >= 0.6 is 0 Å². The van der Waals surface area contributed by atoms with Crippen LogP contribution in [-0.4, -0.2) is 25.0 Å². The largest absolute Gasteiger partial charge is 0.352 e. The van der Waals surface area contributed by atoms with Gasteiger partial charge in [0.05, 0.1) is 0 Å². The molecule has 1 aromatic carbocycles. The molecule has 0 heterocycles. The van der Waals surface area contributed by atoms with Gasteiger partial charge in [0, 0.05) is 18.2 Å². The van der Waals surface area contributed by atoms with Crippen LogP contribution in [0, 0.1) is 0 Å². The number of carbonyl (C=O) groups excluding carboxylic acids is 1. The molecule has 0 aromatic heterocycles. The van der Waals surface area contributed by atoms with Crippen molar-refractivity contribution in [2.24, 2.45) is 0 Å². The van der Waals surface area contributed by atoms with Gasteiger partial charge in [0.2, 0.25) is 0 Å². The molecule has 1 saturated carbocycles. The Morgan fingerprint density at radius 1 is 1.19 bits per heavy atom. The number of hydrogen-bond donors (Lipinski definition) is 2. The van der Waals surface area contributed by atoms with Crippen molar-refractivity contribution in [3.05, 3.63) is 35.9 Å². The normalized spacial score (nSPS) is 14.8. The van der Waals surface area contributed by atoms with Crippen molar-refractivity contribution in [2.45, 2.75) is 25.3 Å². The van der Waals surface area contributed by atoms with E-state index in [9.17, 15) is 4.79 Å². The molecular weight excluding hydrogens is 200 g/mol. The molecule has 1 fully saturated rings. The molecule has 0 unspecified atom stereocenters. The first-order valence-electron chi connectivity index (χ1n) is 5.93. The Kier molecular flexibility index (Phi) is 3.94. The van der Waals surface area contributed by atoms with Crippen LogP contribution in [0.25, 0.3) is 0 Å². The first kappa shape index (κ1) is 11.1. The quantitative estimate of drug-likeness (QED) is 0.711. The van der Waals surface area contributed by atoms with E-state index in [-0.39, 0.29) is 5.91 Å². The van der Waals surface area contributed by atoms with Crippen molar-refractivity contribution < 1.29 is 4.79 Å². The minimum absolute atomic E-state index is 0.0204. The third kappa shape index (κ3) is 3.66. The minimum Gasteiger partial charge on any atom is -0.352 e. The maximum atomic E-state index is 11.6. The van der Waals surface area contributed by atoms with Crippen LogP contribution in [0.1, 0.15) is 29.6 Å². The fourth-order valence-electron chi connectivity index (χ4n) is 1.58. The third-order valence-electron chi connectivity index (χ3n) is 2.69. The third-order valence-corrected chi connectivity index (χ3v) is 2.69. The molecule has 0 bridgehead atoms. The highest BCUT2D eigenvalue weighted by atomic mass is 16.1. The van der Waals surface area contributed by atoms with Crippen LogP contribution in [0.4, 0.5) is 0 Å². The number of rotatable bonds is 6. The highest BCUT2D eigenvalue weighted by molar-refractivity contribution is 5.94. The SMILES string of the molecule is O=C(NCCCNC1CC1)c1ccccc1. The molecule has 86 valence electrons. The van der Waals surface area contributed by atoms with Crippen molar-refractivity contribution >= 4 is 5.91 Å². The summed E-state index contributed by atoms with van der Waals surface area (Å²) in [6.45, 7) is 1.74. The van der Waals surface area contributed by atoms with E-state index in [4.69, 9.17) is 0 Å². The Labute approximate surface area is 96.2 Å². The molecule has 2 rings (SSSR count). The molecule has 0 atom stereocenters. The van der Waals surface area contributed by atoms with Gasteiger partial charge < -0.3 is 10.6 Å². The molecule has 2 N–H and O–H groups in total. The van der Waals surface area contributed by atoms with E-state index in [0.717, 1.165) is 31.1 Å². The Bertz CT molecular complexity index is 333. The van der Waals surface area contributed by atoms with Gasteiger partial charge in [-0.3, -0.25) is 4.79 Å². The molecular formula is C13H18N2O. The second-order valence-electron chi connectivity index (χ2n) is 4.20. The van der Waals surface area contributed by atoms with Crippen molar-refractivity contribution in [3.8, 4) is 0 Å². The lowest BCUT2D eigenvalue weighted by Gasteiger charge is -2.05. The zero-order valence-corrected chi connectivity index (χ0v) is 9.41. The zero-order valence-electron chi connectivity index (χ0n) is 9.41. The maximum Gasteiger partial charge on any atom is 0.251 e. The summed E-state index contributed by atoms with van der Waals surface area (Å²) in [6, 6.07) is 10.1. The average Bonchev–Trinajstić information content (AvgIpc) is 3.13. The summed E-state index contributed by atoms with van der Waals surface area (Å²) in [6.07, 6.45) is 3.63. The Morgan fingerprint density at radius 2 is 1.94 bits per heavy atom. The lowest BCUT2D eigenvalue weighted by molar-refractivity contribution is 0.0953. The smallest absolute Gasteiger partial charge is 0.251 e. The standard InChI is InChI=1S/C13H18N2O/c16-13(11-5-2-1-3-6-11)15-10-4-9-14-12-7-8-12/h1-3,5-6,12,14H,4,7-10H2,(H,15,16). The highest BCUT2D eigenvalue weighted by Crippen LogP contribution is 2.18. The van der Waals surface area contributed by atoms with Crippen molar-refractivity contribution in [2.75, 3.05) is 13.1 Å². The van der Waals surface area contributed by atoms with Gasteiger partial charge in [-0.05, 0) is 37.9 Å². The summed E-state index contributed by atoms with van der Waals surface area (Å²) in [4.78, 5) is 11.6. The van der Waals surface area contributed by atoms with Gasteiger partial charge in [-0.2, -0.15) is 0 Å². The zero-order chi connectivity index (χ0) is 11.2. The van der Waals surface area contributed by atoms with Gasteiger partial charge in [-0.25, -0.2) is 0 Å². The summed E-state index contributed by atoms with van der Waals surface area (Å²) < 4.78 is 0. The number of nitrogens with one attached hydrogen (secondary N) is 2. The second-order valence-corrected chi connectivity index (χ2v) is 4.20. The monoisotopic (exact) mass is 218 g/mol. The first-order chi connectivity index (χ1) is 7.86. The first-order valence-corrected chi connectivity index (χ1v) is 5.93. The van der Waals surface area contributed by atoms with Gasteiger partial charge in [0.25, 0.3) is 5.91 Å². The minimum atomic E-state index is 0.0204. The van der Waals surface area contributed by atoms with E-state index in [1.807, 2.05) is 30.3 Å². The lowest BCUT2D eigenvalue weighted by atomic mass is 10.2. The summed E-state index contributed by atoms with van der Waals surface area (Å²) in [7, 11) is 0. The summed E-state index contributed by atoms with van der Waals surface area (Å²) in [5.74, 6) is 0.0204. The van der Waals surface area contributed by atoms with Crippen LogP contribution in [0.3, 0.4) is 0 Å². The van der Waals surface area contributed by atoms with Crippen LogP contribution in [0.2, 0.25) is 0 Å². The van der Waals surface area contributed by atoms with E-state index in [1.165, 1.54) is 12.8 Å². The van der Waals surface area contributed by atoms with Crippen LogP contribution in [-0.2, 0) is 0 Å². The van der Waals surface area contributed by atoms with Crippen molar-refractivity contribution in [3.63, 3.8) is 0 Å². The summed E-state index contributed by atoms with van der Waals surface area (Å²) in [5.41, 5.74) is 0.734. The summed E-state index contributed by atoms with van der Waals surface area (Å²) >= 11 is 0. The van der Waals surface area contributed by atoms with Crippen LogP contribution < -0.4 is 10.6 Å². The molecule has 3 heteroatoms. The van der Waals surface area contributed by atoms with E-state index in [2.05, 4.69) is 10.6 Å². The van der Waals surface area contributed by atoms with Gasteiger partial charge >= 0.3 is 0 Å². The highest BCUT2D eigenvalue weighted by Gasteiger charge is 2.19. The molecule has 1 aliphatic rings. The molecule has 0 aliphatic heterocycles. The summed E-state index contributed by atoms with van der Waals surface area (Å²) in [5, 5.41) is 6.33. The average molecular weight is 218 g/mol. The molecule has 0 saturated heterocycles. The fourth-order valence-corrected chi connectivity index (χ4v) is 1.58. The Balaban J connectivity index is 1.60. The molecule has 0 spiro atoms. The topological polar surface area (TPSA) is 41.1 Å². The number of carbonyl (C=O) groups is 1. The van der Waals surface area contributed by atoms with Crippen LogP contribution in [0.5, 0.6) is 0 Å². The van der Waals surface area contributed by atoms with E-state index in [1.54, 1.807) is 0 Å². The van der Waals surface area contributed by atoms with Gasteiger partial charge in [-0.15, -0.1) is 0 Å². The number of hydrogen-bond acceptors (Lipinski definition) is 2.